The number of rotatable bonds is 10. The van der Waals surface area contributed by atoms with Gasteiger partial charge in [0.2, 0.25) is 0 Å². The van der Waals surface area contributed by atoms with Crippen molar-refractivity contribution >= 4 is 40.9 Å². The van der Waals surface area contributed by atoms with E-state index in [-0.39, 0.29) is 28.7 Å². The Balaban J connectivity index is 1.75. The minimum absolute atomic E-state index is 0.118. The summed E-state index contributed by atoms with van der Waals surface area (Å²) in [5.41, 5.74) is 2.48. The van der Waals surface area contributed by atoms with Gasteiger partial charge in [-0.25, -0.2) is 0 Å². The first-order valence-corrected chi connectivity index (χ1v) is 11.7. The number of ether oxygens (including phenoxy) is 3. The summed E-state index contributed by atoms with van der Waals surface area (Å²) in [5, 5.41) is 15.2. The van der Waals surface area contributed by atoms with Gasteiger partial charge < -0.3 is 24.8 Å². The maximum absolute atomic E-state index is 12.6. The van der Waals surface area contributed by atoms with Crippen molar-refractivity contribution in [3.05, 3.63) is 82.4 Å². The Morgan fingerprint density at radius 2 is 1.78 bits per heavy atom. The molecule has 0 atom stereocenters. The first kappa shape index (κ1) is 27.1. The number of nitrogens with one attached hydrogen (secondary N) is 2. The Hall–Kier alpha value is -4.48. The lowest BCUT2D eigenvalue weighted by atomic mass is 10.1. The van der Waals surface area contributed by atoms with E-state index in [0.717, 1.165) is 5.56 Å². The third-order valence-corrected chi connectivity index (χ3v) is 5.29. The van der Waals surface area contributed by atoms with E-state index >= 15 is 0 Å². The molecule has 0 saturated carbocycles. The summed E-state index contributed by atoms with van der Waals surface area (Å²) in [5.74, 6) is 0.164. The van der Waals surface area contributed by atoms with Gasteiger partial charge in [-0.1, -0.05) is 23.7 Å². The van der Waals surface area contributed by atoms with Crippen molar-refractivity contribution in [2.45, 2.75) is 13.8 Å². The maximum atomic E-state index is 12.6. The molecular formula is C28H26ClN3O5. The standard InChI is InChI=1S/C28H26ClN3O5/c1-4-36-25-15-19(13-20(16-30)28(34)32-22-7-5-6-18(2)12-22)14-24(29)27(25)37-17-26(33)31-21-8-10-23(35-3)11-9-21/h5-15H,4,17H2,1-3H3,(H,31,33)(H,32,34)/b20-13+. The number of methoxy groups -OCH3 is 1. The molecule has 0 aromatic heterocycles. The molecule has 0 fully saturated rings. The van der Waals surface area contributed by atoms with Crippen molar-refractivity contribution in [1.29, 1.82) is 5.26 Å². The van der Waals surface area contributed by atoms with Crippen LogP contribution in [0.4, 0.5) is 11.4 Å². The predicted molar refractivity (Wildman–Crippen MR) is 143 cm³/mol. The number of hydrogen-bond donors (Lipinski definition) is 2. The molecule has 0 spiro atoms. The van der Waals surface area contributed by atoms with E-state index in [1.807, 2.05) is 25.1 Å². The average molecular weight is 520 g/mol. The number of nitriles is 1. The van der Waals surface area contributed by atoms with E-state index < -0.39 is 11.8 Å². The lowest BCUT2D eigenvalue weighted by molar-refractivity contribution is -0.118. The van der Waals surface area contributed by atoms with Gasteiger partial charge in [0.25, 0.3) is 11.8 Å². The van der Waals surface area contributed by atoms with Gasteiger partial charge in [0, 0.05) is 11.4 Å². The van der Waals surface area contributed by atoms with Crippen molar-refractivity contribution in [3.8, 4) is 23.3 Å². The van der Waals surface area contributed by atoms with Crippen molar-refractivity contribution in [3.63, 3.8) is 0 Å². The number of hydrogen-bond acceptors (Lipinski definition) is 6. The minimum Gasteiger partial charge on any atom is -0.497 e. The quantitative estimate of drug-likeness (QED) is 0.266. The van der Waals surface area contributed by atoms with Crippen molar-refractivity contribution in [2.75, 3.05) is 31.0 Å². The molecule has 0 bridgehead atoms. The van der Waals surface area contributed by atoms with Gasteiger partial charge >= 0.3 is 0 Å². The smallest absolute Gasteiger partial charge is 0.266 e. The Morgan fingerprint density at radius 3 is 2.43 bits per heavy atom. The Kier molecular flexibility index (Phi) is 9.53. The first-order valence-electron chi connectivity index (χ1n) is 11.4. The summed E-state index contributed by atoms with van der Waals surface area (Å²) in [6.45, 7) is 3.67. The molecule has 0 aliphatic heterocycles. The molecule has 3 aromatic carbocycles. The summed E-state index contributed by atoms with van der Waals surface area (Å²) < 4.78 is 16.4. The van der Waals surface area contributed by atoms with Crippen LogP contribution in [0.1, 0.15) is 18.1 Å². The topological polar surface area (TPSA) is 110 Å². The normalized spacial score (nSPS) is 10.7. The number of amides is 2. The molecule has 0 saturated heterocycles. The van der Waals surface area contributed by atoms with E-state index in [9.17, 15) is 14.9 Å². The third kappa shape index (κ3) is 7.75. The average Bonchev–Trinajstić information content (AvgIpc) is 2.87. The predicted octanol–water partition coefficient (Wildman–Crippen LogP) is 5.62. The van der Waals surface area contributed by atoms with Gasteiger partial charge in [-0.2, -0.15) is 5.26 Å². The fourth-order valence-electron chi connectivity index (χ4n) is 3.32. The fourth-order valence-corrected chi connectivity index (χ4v) is 3.59. The molecule has 9 heteroatoms. The Morgan fingerprint density at radius 1 is 1.03 bits per heavy atom. The summed E-state index contributed by atoms with van der Waals surface area (Å²) in [6, 6.07) is 19.1. The molecule has 190 valence electrons. The monoisotopic (exact) mass is 519 g/mol. The van der Waals surface area contributed by atoms with Crippen LogP contribution < -0.4 is 24.8 Å². The lowest BCUT2D eigenvalue weighted by Crippen LogP contribution is -2.20. The molecule has 3 rings (SSSR count). The second-order valence-corrected chi connectivity index (χ2v) is 8.23. The van der Waals surface area contributed by atoms with Crippen molar-refractivity contribution < 1.29 is 23.8 Å². The molecule has 0 aliphatic rings. The summed E-state index contributed by atoms with van der Waals surface area (Å²) in [4.78, 5) is 25.0. The van der Waals surface area contributed by atoms with Crippen LogP contribution in [-0.4, -0.2) is 32.1 Å². The highest BCUT2D eigenvalue weighted by Crippen LogP contribution is 2.37. The highest BCUT2D eigenvalue weighted by atomic mass is 35.5. The zero-order valence-electron chi connectivity index (χ0n) is 20.6. The number of nitrogens with zero attached hydrogens (tertiary/aromatic N) is 1. The largest absolute Gasteiger partial charge is 0.497 e. The van der Waals surface area contributed by atoms with Gasteiger partial charge in [-0.05, 0) is 79.6 Å². The van der Waals surface area contributed by atoms with Gasteiger partial charge in [0.1, 0.15) is 17.4 Å². The third-order valence-electron chi connectivity index (χ3n) is 5.01. The first-order chi connectivity index (χ1) is 17.8. The van der Waals surface area contributed by atoms with Gasteiger partial charge in [-0.3, -0.25) is 9.59 Å². The second kappa shape index (κ2) is 13.0. The zero-order valence-corrected chi connectivity index (χ0v) is 21.4. The van der Waals surface area contributed by atoms with Crippen molar-refractivity contribution in [1.82, 2.24) is 0 Å². The highest BCUT2D eigenvalue weighted by molar-refractivity contribution is 6.32. The minimum atomic E-state index is -0.558. The van der Waals surface area contributed by atoms with Gasteiger partial charge in [0.15, 0.2) is 18.1 Å². The van der Waals surface area contributed by atoms with E-state index in [0.29, 0.717) is 29.3 Å². The molecule has 37 heavy (non-hydrogen) atoms. The second-order valence-electron chi connectivity index (χ2n) is 7.82. The maximum Gasteiger partial charge on any atom is 0.266 e. The van der Waals surface area contributed by atoms with Crippen LogP contribution in [0.15, 0.2) is 66.2 Å². The number of carbonyl (C=O) groups excluding carboxylic acids is 2. The van der Waals surface area contributed by atoms with Crippen LogP contribution in [0.5, 0.6) is 17.2 Å². The molecule has 3 aromatic rings. The van der Waals surface area contributed by atoms with E-state index in [1.54, 1.807) is 56.5 Å². The van der Waals surface area contributed by atoms with Crippen LogP contribution in [-0.2, 0) is 9.59 Å². The molecule has 8 nitrogen and oxygen atoms in total. The fraction of sp³-hybridized carbons (Fsp3) is 0.179. The molecule has 0 radical (unpaired) electrons. The highest BCUT2D eigenvalue weighted by Gasteiger charge is 2.16. The van der Waals surface area contributed by atoms with Crippen LogP contribution in [0.2, 0.25) is 5.02 Å². The zero-order chi connectivity index (χ0) is 26.8. The summed E-state index contributed by atoms with van der Waals surface area (Å²) in [6.07, 6.45) is 1.40. The van der Waals surface area contributed by atoms with Crippen LogP contribution in [0.3, 0.4) is 0 Å². The SMILES string of the molecule is CCOc1cc(/C=C(\C#N)C(=O)Nc2cccc(C)c2)cc(Cl)c1OCC(=O)Nc1ccc(OC)cc1. The van der Waals surface area contributed by atoms with Gasteiger partial charge in [0.05, 0.1) is 18.7 Å². The number of anilines is 2. The van der Waals surface area contributed by atoms with Crippen LogP contribution in [0.25, 0.3) is 6.08 Å². The van der Waals surface area contributed by atoms with Crippen LogP contribution >= 0.6 is 11.6 Å². The molecular weight excluding hydrogens is 494 g/mol. The number of aryl methyl sites for hydroxylation is 1. The molecule has 0 heterocycles. The summed E-state index contributed by atoms with van der Waals surface area (Å²) >= 11 is 6.44. The van der Waals surface area contributed by atoms with E-state index in [4.69, 9.17) is 25.8 Å². The molecule has 0 aliphatic carbocycles. The van der Waals surface area contributed by atoms with Crippen molar-refractivity contribution in [2.24, 2.45) is 0 Å². The molecule has 2 amide bonds. The molecule has 2 N–H and O–H groups in total. The number of halogens is 1. The lowest BCUT2D eigenvalue weighted by Gasteiger charge is -2.15. The van der Waals surface area contributed by atoms with E-state index in [2.05, 4.69) is 10.6 Å². The molecule has 0 unspecified atom stereocenters. The van der Waals surface area contributed by atoms with E-state index in [1.165, 1.54) is 12.1 Å². The number of benzene rings is 3. The van der Waals surface area contributed by atoms with Gasteiger partial charge in [-0.15, -0.1) is 0 Å². The Bertz CT molecular complexity index is 1350. The van der Waals surface area contributed by atoms with Crippen LogP contribution in [0, 0.1) is 18.3 Å². The Labute approximate surface area is 220 Å². The number of carbonyl (C=O) groups is 2. The summed E-state index contributed by atoms with van der Waals surface area (Å²) in [7, 11) is 1.56.